The average Bonchev–Trinajstić information content (AvgIpc) is 2.85. The van der Waals surface area contributed by atoms with E-state index in [1.165, 1.54) is 0 Å². The fraction of sp³-hybridized carbons (Fsp3) is 0.118. The number of aromatic amines is 1. The Labute approximate surface area is 132 Å². The highest BCUT2D eigenvalue weighted by atomic mass is 35.5. The van der Waals surface area contributed by atoms with Crippen LogP contribution in [0.25, 0.3) is 10.9 Å². The number of Topliss-reactive ketones (excluding diaryl/α,β-unsaturated/α-hetero) is 1. The van der Waals surface area contributed by atoms with Crippen molar-refractivity contribution in [1.29, 1.82) is 0 Å². The molecule has 0 fully saturated rings. The summed E-state index contributed by atoms with van der Waals surface area (Å²) < 4.78 is 0. The van der Waals surface area contributed by atoms with Gasteiger partial charge in [0.2, 0.25) is 0 Å². The van der Waals surface area contributed by atoms with Gasteiger partial charge in [-0.3, -0.25) is 4.79 Å². The van der Waals surface area contributed by atoms with Crippen molar-refractivity contribution in [2.24, 2.45) is 0 Å². The highest BCUT2D eigenvalue weighted by Gasteiger charge is 2.16. The van der Waals surface area contributed by atoms with Crippen LogP contribution in [0.15, 0.2) is 42.6 Å². The Balaban J connectivity index is 2.01. The lowest BCUT2D eigenvalue weighted by Crippen LogP contribution is -2.04. The molecule has 21 heavy (non-hydrogen) atoms. The van der Waals surface area contributed by atoms with Gasteiger partial charge >= 0.3 is 0 Å². The molecule has 0 aliphatic carbocycles. The second-order valence-electron chi connectivity index (χ2n) is 5.04. The third kappa shape index (κ3) is 2.69. The summed E-state index contributed by atoms with van der Waals surface area (Å²) in [6.07, 6.45) is 2.06. The fourth-order valence-electron chi connectivity index (χ4n) is 2.48. The van der Waals surface area contributed by atoms with Crippen LogP contribution in [0.1, 0.15) is 21.5 Å². The molecule has 0 saturated carbocycles. The predicted molar refractivity (Wildman–Crippen MR) is 87.5 cm³/mol. The highest BCUT2D eigenvalue weighted by molar-refractivity contribution is 6.39. The van der Waals surface area contributed by atoms with Crippen LogP contribution in [-0.2, 0) is 6.42 Å². The molecule has 0 bridgehead atoms. The Bertz CT molecular complexity index is 836. The first-order chi connectivity index (χ1) is 10.1. The smallest absolute Gasteiger partial charge is 0.169 e. The van der Waals surface area contributed by atoms with Gasteiger partial charge in [0, 0.05) is 34.1 Å². The van der Waals surface area contributed by atoms with E-state index in [9.17, 15) is 4.79 Å². The molecule has 2 aromatic carbocycles. The van der Waals surface area contributed by atoms with Crippen LogP contribution in [0, 0.1) is 6.92 Å². The van der Waals surface area contributed by atoms with E-state index in [0.29, 0.717) is 22.0 Å². The molecule has 1 heterocycles. The largest absolute Gasteiger partial charge is 0.360 e. The van der Waals surface area contributed by atoms with Crippen molar-refractivity contribution < 1.29 is 4.79 Å². The summed E-state index contributed by atoms with van der Waals surface area (Å²) in [5.41, 5.74) is 3.53. The summed E-state index contributed by atoms with van der Waals surface area (Å²) in [6.45, 7) is 2.00. The van der Waals surface area contributed by atoms with Crippen molar-refractivity contribution in [3.63, 3.8) is 0 Å². The number of hydrogen-bond acceptors (Lipinski definition) is 1. The van der Waals surface area contributed by atoms with Crippen molar-refractivity contribution in [2.75, 3.05) is 0 Å². The maximum Gasteiger partial charge on any atom is 0.169 e. The summed E-state index contributed by atoms with van der Waals surface area (Å²) in [5.74, 6) is 0.0415. The van der Waals surface area contributed by atoms with Gasteiger partial charge in [-0.15, -0.1) is 0 Å². The maximum atomic E-state index is 12.6. The number of ketones is 1. The van der Waals surface area contributed by atoms with Crippen LogP contribution in [0.5, 0.6) is 0 Å². The molecule has 0 aliphatic rings. The summed E-state index contributed by atoms with van der Waals surface area (Å²) >= 11 is 12.2. The van der Waals surface area contributed by atoms with Crippen molar-refractivity contribution in [1.82, 2.24) is 4.98 Å². The van der Waals surface area contributed by atoms with Crippen LogP contribution < -0.4 is 0 Å². The van der Waals surface area contributed by atoms with Gasteiger partial charge in [0.1, 0.15) is 0 Å². The van der Waals surface area contributed by atoms with Gasteiger partial charge in [-0.05, 0) is 30.2 Å². The number of hydrogen-bond donors (Lipinski definition) is 1. The molecule has 0 atom stereocenters. The molecule has 3 rings (SSSR count). The van der Waals surface area contributed by atoms with Crippen molar-refractivity contribution >= 4 is 39.9 Å². The Kier molecular flexibility index (Phi) is 3.75. The number of rotatable bonds is 3. The van der Waals surface area contributed by atoms with E-state index in [-0.39, 0.29) is 5.78 Å². The molecule has 3 aromatic rings. The SMILES string of the molecule is Cc1ccccc1CC(=O)c1c[nH]c2cc(Cl)cc(Cl)c12. The number of aromatic nitrogens is 1. The first kappa shape index (κ1) is 14.2. The van der Waals surface area contributed by atoms with E-state index >= 15 is 0 Å². The summed E-state index contributed by atoms with van der Waals surface area (Å²) in [4.78, 5) is 15.6. The fourth-order valence-corrected chi connectivity index (χ4v) is 3.08. The third-order valence-electron chi connectivity index (χ3n) is 3.61. The van der Waals surface area contributed by atoms with Crippen LogP contribution in [0.2, 0.25) is 10.0 Å². The Morgan fingerprint density at radius 3 is 2.71 bits per heavy atom. The van der Waals surface area contributed by atoms with E-state index in [4.69, 9.17) is 23.2 Å². The van der Waals surface area contributed by atoms with Crippen molar-refractivity contribution in [2.45, 2.75) is 13.3 Å². The van der Waals surface area contributed by atoms with Gasteiger partial charge < -0.3 is 4.98 Å². The molecule has 0 spiro atoms. The lowest BCUT2D eigenvalue weighted by molar-refractivity contribution is 0.0994. The molecule has 0 amide bonds. The number of benzene rings is 2. The molecular formula is C17H13Cl2NO. The van der Waals surface area contributed by atoms with Gasteiger partial charge in [0.15, 0.2) is 5.78 Å². The summed E-state index contributed by atoms with van der Waals surface area (Å²) in [7, 11) is 0. The van der Waals surface area contributed by atoms with Gasteiger partial charge in [-0.1, -0.05) is 47.5 Å². The van der Waals surface area contributed by atoms with E-state index < -0.39 is 0 Å². The summed E-state index contributed by atoms with van der Waals surface area (Å²) in [5, 5.41) is 1.78. The Morgan fingerprint density at radius 2 is 1.95 bits per heavy atom. The zero-order valence-corrected chi connectivity index (χ0v) is 12.9. The zero-order chi connectivity index (χ0) is 15.0. The van der Waals surface area contributed by atoms with Gasteiger partial charge in [0.05, 0.1) is 5.02 Å². The van der Waals surface area contributed by atoms with E-state index in [0.717, 1.165) is 22.0 Å². The predicted octanol–water partition coefficient (Wildman–Crippen LogP) is 5.21. The maximum absolute atomic E-state index is 12.6. The second kappa shape index (κ2) is 5.55. The van der Waals surface area contributed by atoms with Crippen molar-refractivity contribution in [3.8, 4) is 0 Å². The van der Waals surface area contributed by atoms with Crippen LogP contribution >= 0.6 is 23.2 Å². The molecule has 4 heteroatoms. The first-order valence-corrected chi connectivity index (χ1v) is 7.35. The number of H-pyrrole nitrogens is 1. The minimum Gasteiger partial charge on any atom is -0.360 e. The first-order valence-electron chi connectivity index (χ1n) is 6.60. The number of halogens is 2. The average molecular weight is 318 g/mol. The quantitative estimate of drug-likeness (QED) is 0.661. The number of carbonyl (C=O) groups is 1. The van der Waals surface area contributed by atoms with E-state index in [1.54, 1.807) is 18.3 Å². The topological polar surface area (TPSA) is 32.9 Å². The number of carbonyl (C=O) groups excluding carboxylic acids is 1. The van der Waals surface area contributed by atoms with E-state index in [2.05, 4.69) is 4.98 Å². The van der Waals surface area contributed by atoms with Crippen LogP contribution in [0.4, 0.5) is 0 Å². The third-order valence-corrected chi connectivity index (χ3v) is 4.13. The molecule has 1 N–H and O–H groups in total. The highest BCUT2D eigenvalue weighted by Crippen LogP contribution is 2.31. The molecular weight excluding hydrogens is 305 g/mol. The van der Waals surface area contributed by atoms with Crippen LogP contribution in [0.3, 0.4) is 0 Å². The van der Waals surface area contributed by atoms with Crippen LogP contribution in [-0.4, -0.2) is 10.8 Å². The molecule has 0 saturated heterocycles. The monoisotopic (exact) mass is 317 g/mol. The molecule has 0 aliphatic heterocycles. The Morgan fingerprint density at radius 1 is 1.19 bits per heavy atom. The lowest BCUT2D eigenvalue weighted by atomic mass is 9.99. The molecule has 0 radical (unpaired) electrons. The second-order valence-corrected chi connectivity index (χ2v) is 5.88. The Hall–Kier alpha value is -1.77. The normalized spacial score (nSPS) is 11.0. The summed E-state index contributed by atoms with van der Waals surface area (Å²) in [6, 6.07) is 11.3. The van der Waals surface area contributed by atoms with Crippen molar-refractivity contribution in [3.05, 3.63) is 69.3 Å². The molecule has 1 aromatic heterocycles. The zero-order valence-electron chi connectivity index (χ0n) is 11.4. The van der Waals surface area contributed by atoms with Gasteiger partial charge in [-0.25, -0.2) is 0 Å². The lowest BCUT2D eigenvalue weighted by Gasteiger charge is -2.05. The minimum absolute atomic E-state index is 0.0415. The molecule has 2 nitrogen and oxygen atoms in total. The standard InChI is InChI=1S/C17H13Cl2NO/c1-10-4-2-3-5-11(10)6-16(21)13-9-20-15-8-12(18)7-14(19)17(13)15/h2-5,7-9,20H,6H2,1H3. The number of aryl methyl sites for hydroxylation is 1. The van der Waals surface area contributed by atoms with E-state index in [1.807, 2.05) is 31.2 Å². The number of nitrogens with one attached hydrogen (secondary N) is 1. The molecule has 106 valence electrons. The molecule has 0 unspecified atom stereocenters. The van der Waals surface area contributed by atoms with Gasteiger partial charge in [-0.2, -0.15) is 0 Å². The minimum atomic E-state index is 0.0415. The van der Waals surface area contributed by atoms with Gasteiger partial charge in [0.25, 0.3) is 0 Å². The number of fused-ring (bicyclic) bond motifs is 1.